The van der Waals surface area contributed by atoms with E-state index in [2.05, 4.69) is 24.3 Å². The predicted molar refractivity (Wildman–Crippen MR) is 88.2 cm³/mol. The Balaban J connectivity index is 1.78. The molecule has 0 saturated carbocycles. The van der Waals surface area contributed by atoms with Gasteiger partial charge in [-0.25, -0.2) is 4.79 Å². The lowest BCUT2D eigenvalue weighted by atomic mass is 9.91. The van der Waals surface area contributed by atoms with Gasteiger partial charge in [0.1, 0.15) is 11.5 Å². The van der Waals surface area contributed by atoms with Crippen molar-refractivity contribution in [2.45, 2.75) is 39.2 Å². The molecule has 1 aliphatic rings. The maximum absolute atomic E-state index is 12.7. The van der Waals surface area contributed by atoms with E-state index in [0.717, 1.165) is 37.3 Å². The van der Waals surface area contributed by atoms with E-state index in [-0.39, 0.29) is 12.1 Å². The summed E-state index contributed by atoms with van der Waals surface area (Å²) in [5.41, 5.74) is 0.712. The molecule has 23 heavy (non-hydrogen) atoms. The van der Waals surface area contributed by atoms with Crippen molar-refractivity contribution in [1.82, 2.24) is 14.7 Å². The molecule has 1 saturated heterocycles. The summed E-state index contributed by atoms with van der Waals surface area (Å²) in [6.45, 7) is 5.03. The number of nitrogens with zero attached hydrogens (tertiary/aromatic N) is 3. The van der Waals surface area contributed by atoms with Crippen LogP contribution in [0.15, 0.2) is 28.9 Å². The molecule has 124 valence electrons. The molecular formula is C17H24N4O2. The molecule has 1 aliphatic heterocycles. The molecule has 2 aromatic rings. The Bertz CT molecular complexity index is 676. The number of carbonyl (C=O) groups is 1. The van der Waals surface area contributed by atoms with E-state index in [9.17, 15) is 4.79 Å². The Morgan fingerprint density at radius 3 is 2.96 bits per heavy atom. The van der Waals surface area contributed by atoms with Crippen LogP contribution in [0.4, 0.5) is 10.5 Å². The zero-order valence-electron chi connectivity index (χ0n) is 14.0. The van der Waals surface area contributed by atoms with Crippen molar-refractivity contribution in [3.8, 4) is 0 Å². The molecule has 0 aliphatic carbocycles. The van der Waals surface area contributed by atoms with E-state index in [0.29, 0.717) is 11.6 Å². The number of amides is 2. The van der Waals surface area contributed by atoms with Gasteiger partial charge >= 0.3 is 6.03 Å². The Morgan fingerprint density at radius 2 is 2.30 bits per heavy atom. The summed E-state index contributed by atoms with van der Waals surface area (Å²) in [5.74, 6) is 2.43. The Morgan fingerprint density at radius 1 is 1.48 bits per heavy atom. The number of nitrogens with one attached hydrogen (secondary N) is 1. The largest absolute Gasteiger partial charge is 0.464 e. The zero-order chi connectivity index (χ0) is 16.4. The van der Waals surface area contributed by atoms with E-state index in [1.807, 2.05) is 24.1 Å². The van der Waals surface area contributed by atoms with Gasteiger partial charge in [0.2, 0.25) is 0 Å². The quantitative estimate of drug-likeness (QED) is 0.941. The zero-order valence-corrected chi connectivity index (χ0v) is 14.0. The topological polar surface area (TPSA) is 63.3 Å². The minimum absolute atomic E-state index is 0.00396. The number of piperidine rings is 1. The fourth-order valence-electron chi connectivity index (χ4n) is 3.10. The molecule has 6 nitrogen and oxygen atoms in total. The summed E-state index contributed by atoms with van der Waals surface area (Å²) in [7, 11) is 1.83. The standard InChI is InChI=1S/C17H24N4O2/c1-4-14-5-6-16(23-14)15-9-12(2)7-8-21(15)17(22)19-13-10-18-20(3)11-13/h5-6,10-12,15H,4,7-9H2,1-3H3,(H,19,22). The van der Waals surface area contributed by atoms with Crippen LogP contribution in [0.1, 0.15) is 44.3 Å². The molecule has 2 amide bonds. The fourth-order valence-corrected chi connectivity index (χ4v) is 3.10. The lowest BCUT2D eigenvalue weighted by Crippen LogP contribution is -2.42. The van der Waals surface area contributed by atoms with Gasteiger partial charge in [0, 0.05) is 26.2 Å². The van der Waals surface area contributed by atoms with Crippen LogP contribution >= 0.6 is 0 Å². The van der Waals surface area contributed by atoms with Gasteiger partial charge in [-0.2, -0.15) is 5.10 Å². The first-order valence-corrected chi connectivity index (χ1v) is 8.21. The second-order valence-electron chi connectivity index (χ2n) is 6.33. The van der Waals surface area contributed by atoms with E-state index < -0.39 is 0 Å². The van der Waals surface area contributed by atoms with Gasteiger partial charge in [-0.05, 0) is 30.9 Å². The van der Waals surface area contributed by atoms with E-state index in [4.69, 9.17) is 4.42 Å². The lowest BCUT2D eigenvalue weighted by molar-refractivity contribution is 0.128. The van der Waals surface area contributed by atoms with Gasteiger partial charge in [0.25, 0.3) is 0 Å². The number of hydrogen-bond donors (Lipinski definition) is 1. The average molecular weight is 316 g/mol. The molecule has 0 bridgehead atoms. The third kappa shape index (κ3) is 3.41. The highest BCUT2D eigenvalue weighted by molar-refractivity contribution is 5.89. The number of aromatic nitrogens is 2. The van der Waals surface area contributed by atoms with Crippen LogP contribution in [-0.4, -0.2) is 27.3 Å². The molecule has 0 aromatic carbocycles. The van der Waals surface area contributed by atoms with Crippen LogP contribution in [0.2, 0.25) is 0 Å². The van der Waals surface area contributed by atoms with Crippen LogP contribution in [0.25, 0.3) is 0 Å². The fraction of sp³-hybridized carbons (Fsp3) is 0.529. The summed E-state index contributed by atoms with van der Waals surface area (Å²) in [6.07, 6.45) is 6.25. The number of anilines is 1. The highest BCUT2D eigenvalue weighted by Gasteiger charge is 2.33. The molecule has 1 fully saturated rings. The molecule has 2 unspecified atom stereocenters. The van der Waals surface area contributed by atoms with Gasteiger partial charge < -0.3 is 14.6 Å². The first kappa shape index (κ1) is 15.6. The molecule has 2 aromatic heterocycles. The molecule has 0 radical (unpaired) electrons. The number of furan rings is 1. The van der Waals surface area contributed by atoms with Crippen molar-refractivity contribution in [1.29, 1.82) is 0 Å². The normalized spacial score (nSPS) is 21.4. The maximum Gasteiger partial charge on any atom is 0.322 e. The number of carbonyl (C=O) groups excluding carboxylic acids is 1. The van der Waals surface area contributed by atoms with Crippen molar-refractivity contribution in [3.05, 3.63) is 36.0 Å². The molecular weight excluding hydrogens is 292 g/mol. The van der Waals surface area contributed by atoms with Crippen LogP contribution in [0.5, 0.6) is 0 Å². The molecule has 3 heterocycles. The summed E-state index contributed by atoms with van der Waals surface area (Å²) in [4.78, 5) is 14.6. The third-order valence-electron chi connectivity index (χ3n) is 4.44. The van der Waals surface area contributed by atoms with E-state index >= 15 is 0 Å². The number of hydrogen-bond acceptors (Lipinski definition) is 3. The Hall–Kier alpha value is -2.24. The lowest BCUT2D eigenvalue weighted by Gasteiger charge is -2.37. The van der Waals surface area contributed by atoms with Crippen molar-refractivity contribution < 1.29 is 9.21 Å². The first-order chi connectivity index (χ1) is 11.1. The van der Waals surface area contributed by atoms with Crippen molar-refractivity contribution in [2.24, 2.45) is 13.0 Å². The van der Waals surface area contributed by atoms with Gasteiger partial charge in [-0.3, -0.25) is 4.68 Å². The maximum atomic E-state index is 12.7. The second-order valence-corrected chi connectivity index (χ2v) is 6.33. The second kappa shape index (κ2) is 6.48. The molecule has 3 rings (SSSR count). The smallest absolute Gasteiger partial charge is 0.322 e. The van der Waals surface area contributed by atoms with Gasteiger partial charge in [-0.1, -0.05) is 13.8 Å². The van der Waals surface area contributed by atoms with Crippen molar-refractivity contribution >= 4 is 11.7 Å². The van der Waals surface area contributed by atoms with E-state index in [1.165, 1.54) is 0 Å². The SMILES string of the molecule is CCc1ccc(C2CC(C)CCN2C(=O)Nc2cnn(C)c2)o1. The van der Waals surface area contributed by atoms with Crippen molar-refractivity contribution in [3.63, 3.8) is 0 Å². The number of aryl methyl sites for hydroxylation is 2. The summed E-state index contributed by atoms with van der Waals surface area (Å²) < 4.78 is 7.59. The summed E-state index contributed by atoms with van der Waals surface area (Å²) in [5, 5.41) is 7.01. The average Bonchev–Trinajstić information content (AvgIpc) is 3.16. The Labute approximate surface area is 136 Å². The highest BCUT2D eigenvalue weighted by Crippen LogP contribution is 2.35. The van der Waals surface area contributed by atoms with E-state index in [1.54, 1.807) is 17.1 Å². The first-order valence-electron chi connectivity index (χ1n) is 8.21. The number of likely N-dealkylation sites (tertiary alicyclic amines) is 1. The van der Waals surface area contributed by atoms with Crippen LogP contribution in [0.3, 0.4) is 0 Å². The van der Waals surface area contributed by atoms with Gasteiger partial charge in [0.05, 0.1) is 17.9 Å². The summed E-state index contributed by atoms with van der Waals surface area (Å²) in [6, 6.07) is 3.91. The molecule has 2 atom stereocenters. The number of urea groups is 1. The Kier molecular flexibility index (Phi) is 4.41. The predicted octanol–water partition coefficient (Wildman–Crippen LogP) is 3.58. The summed E-state index contributed by atoms with van der Waals surface area (Å²) >= 11 is 0. The van der Waals surface area contributed by atoms with Crippen LogP contribution < -0.4 is 5.32 Å². The molecule has 0 spiro atoms. The van der Waals surface area contributed by atoms with Crippen LogP contribution in [0, 0.1) is 5.92 Å². The van der Waals surface area contributed by atoms with Gasteiger partial charge in [0.15, 0.2) is 0 Å². The van der Waals surface area contributed by atoms with Crippen LogP contribution in [-0.2, 0) is 13.5 Å². The van der Waals surface area contributed by atoms with Gasteiger partial charge in [-0.15, -0.1) is 0 Å². The number of rotatable bonds is 3. The minimum atomic E-state index is -0.0932. The molecule has 6 heteroatoms. The minimum Gasteiger partial charge on any atom is -0.464 e. The molecule has 1 N–H and O–H groups in total. The van der Waals surface area contributed by atoms with Crippen molar-refractivity contribution in [2.75, 3.05) is 11.9 Å². The highest BCUT2D eigenvalue weighted by atomic mass is 16.3. The monoisotopic (exact) mass is 316 g/mol. The third-order valence-corrected chi connectivity index (χ3v) is 4.44.